The number of nitrogens with one attached hydrogen (secondary N) is 1. The Morgan fingerprint density at radius 1 is 0.741 bits per heavy atom. The van der Waals surface area contributed by atoms with Crippen LogP contribution in [0.3, 0.4) is 0 Å². The molecule has 0 spiro atoms. The minimum Gasteiger partial charge on any atom is -0.453 e. The molecule has 0 bridgehead atoms. The van der Waals surface area contributed by atoms with Gasteiger partial charge < -0.3 is 4.74 Å². The van der Waals surface area contributed by atoms with Gasteiger partial charge in [0.1, 0.15) is 23.2 Å². The third kappa shape index (κ3) is 4.07. The third-order valence-corrected chi connectivity index (χ3v) is 8.70. The summed E-state index contributed by atoms with van der Waals surface area (Å²) in [4.78, 5) is 24.3. The van der Waals surface area contributed by atoms with Crippen molar-refractivity contribution >= 4 is 35.2 Å². The molecule has 0 aliphatic carbocycles. The van der Waals surface area contributed by atoms with Gasteiger partial charge in [-0.05, 0) is 36.4 Å². The third-order valence-electron chi connectivity index (χ3n) is 4.40. The smallest absolute Gasteiger partial charge is 0.413 e. The molecule has 0 saturated heterocycles. The lowest BCUT2D eigenvalue weighted by Crippen LogP contribution is -2.41. The molecule has 4 nitrogen and oxygen atoms in total. The monoisotopic (exact) mass is 378 g/mol. The van der Waals surface area contributed by atoms with Gasteiger partial charge in [-0.2, -0.15) is 0 Å². The maximum Gasteiger partial charge on any atom is 0.413 e. The standard InChI is InChI=1S/C22H20NO3P/c1-26-22(25)23-21(24)17-27(18-11-5-2-6-12-18,19-13-7-3-8-14-19)20-15-9-4-10-16-20/h2-16H,17H2,1H3/p+1. The van der Waals surface area contributed by atoms with Crippen LogP contribution in [0.15, 0.2) is 91.0 Å². The zero-order chi connectivity index (χ0) is 19.1. The first-order valence-corrected chi connectivity index (χ1v) is 10.6. The predicted molar refractivity (Wildman–Crippen MR) is 111 cm³/mol. The van der Waals surface area contributed by atoms with Crippen molar-refractivity contribution in [2.45, 2.75) is 0 Å². The first-order valence-electron chi connectivity index (χ1n) is 8.59. The summed E-state index contributed by atoms with van der Waals surface area (Å²) in [6, 6.07) is 30.1. The second kappa shape index (κ2) is 8.61. The molecule has 3 rings (SSSR count). The molecule has 5 heteroatoms. The SMILES string of the molecule is COC(=O)NC(=O)C[P+](c1ccccc1)(c1ccccc1)c1ccccc1. The number of hydrogen-bond acceptors (Lipinski definition) is 3. The van der Waals surface area contributed by atoms with Crippen molar-refractivity contribution in [2.75, 3.05) is 13.3 Å². The molecule has 0 aliphatic rings. The summed E-state index contributed by atoms with van der Waals surface area (Å²) in [6.45, 7) is 0. The Bertz CT molecular complexity index is 802. The molecule has 3 aromatic rings. The quantitative estimate of drug-likeness (QED) is 0.695. The van der Waals surface area contributed by atoms with E-state index in [2.05, 4.69) is 46.5 Å². The van der Waals surface area contributed by atoms with Crippen molar-refractivity contribution in [3.63, 3.8) is 0 Å². The Labute approximate surface area is 159 Å². The topological polar surface area (TPSA) is 55.4 Å². The minimum absolute atomic E-state index is 0.181. The number of amides is 2. The largest absolute Gasteiger partial charge is 0.453 e. The van der Waals surface area contributed by atoms with Gasteiger partial charge in [0.25, 0.3) is 5.91 Å². The minimum atomic E-state index is -2.30. The summed E-state index contributed by atoms with van der Waals surface area (Å²) in [6.07, 6.45) is -0.563. The van der Waals surface area contributed by atoms with E-state index >= 15 is 0 Å². The van der Waals surface area contributed by atoms with Crippen LogP contribution in [0.5, 0.6) is 0 Å². The summed E-state index contributed by atoms with van der Waals surface area (Å²) in [7, 11) is -1.05. The number of rotatable bonds is 5. The maximum atomic E-state index is 12.8. The average Bonchev–Trinajstić information content (AvgIpc) is 2.74. The Morgan fingerprint density at radius 2 is 1.11 bits per heavy atom. The van der Waals surface area contributed by atoms with Gasteiger partial charge in [0.15, 0.2) is 6.16 Å². The van der Waals surface area contributed by atoms with E-state index in [9.17, 15) is 9.59 Å². The average molecular weight is 378 g/mol. The van der Waals surface area contributed by atoms with E-state index < -0.39 is 13.4 Å². The number of ether oxygens (including phenoxy) is 1. The first-order chi connectivity index (χ1) is 13.2. The molecule has 0 heterocycles. The van der Waals surface area contributed by atoms with E-state index in [4.69, 9.17) is 0 Å². The number of benzene rings is 3. The summed E-state index contributed by atoms with van der Waals surface area (Å²) in [5, 5.41) is 5.58. The van der Waals surface area contributed by atoms with Gasteiger partial charge >= 0.3 is 6.09 Å². The van der Waals surface area contributed by atoms with Gasteiger partial charge in [0, 0.05) is 0 Å². The highest BCUT2D eigenvalue weighted by atomic mass is 31.2. The first kappa shape index (κ1) is 18.8. The Balaban J connectivity index is 2.20. The summed E-state index contributed by atoms with van der Waals surface area (Å²) < 4.78 is 4.59. The lowest BCUT2D eigenvalue weighted by Gasteiger charge is -2.26. The van der Waals surface area contributed by atoms with Crippen molar-refractivity contribution in [2.24, 2.45) is 0 Å². The molecular formula is C22H21NO3P+. The fourth-order valence-electron chi connectivity index (χ4n) is 3.19. The zero-order valence-corrected chi connectivity index (χ0v) is 15.9. The van der Waals surface area contributed by atoms with Crippen molar-refractivity contribution < 1.29 is 14.3 Å². The van der Waals surface area contributed by atoms with Gasteiger partial charge in [-0.25, -0.2) is 4.79 Å². The van der Waals surface area contributed by atoms with Gasteiger partial charge in [0.2, 0.25) is 0 Å². The van der Waals surface area contributed by atoms with Gasteiger partial charge in [-0.15, -0.1) is 0 Å². The summed E-state index contributed by atoms with van der Waals surface area (Å²) in [5.41, 5.74) is 0. The van der Waals surface area contributed by atoms with Crippen molar-refractivity contribution in [3.05, 3.63) is 91.0 Å². The molecule has 0 aliphatic heterocycles. The molecule has 0 aromatic heterocycles. The summed E-state index contributed by atoms with van der Waals surface area (Å²) >= 11 is 0. The van der Waals surface area contributed by atoms with Crippen LogP contribution in [-0.2, 0) is 9.53 Å². The van der Waals surface area contributed by atoms with Crippen molar-refractivity contribution in [1.82, 2.24) is 5.32 Å². The number of methoxy groups -OCH3 is 1. The van der Waals surface area contributed by atoms with Gasteiger partial charge in [-0.1, -0.05) is 54.6 Å². The maximum absolute atomic E-state index is 12.8. The molecule has 2 amide bonds. The number of carbonyl (C=O) groups excluding carboxylic acids is 2. The van der Waals surface area contributed by atoms with Crippen molar-refractivity contribution in [3.8, 4) is 0 Å². The molecule has 27 heavy (non-hydrogen) atoms. The highest BCUT2D eigenvalue weighted by Gasteiger charge is 2.47. The van der Waals surface area contributed by atoms with E-state index in [1.807, 2.05) is 54.6 Å². The molecule has 0 unspecified atom stereocenters. The van der Waals surface area contributed by atoms with E-state index in [1.165, 1.54) is 7.11 Å². The molecule has 136 valence electrons. The Kier molecular flexibility index (Phi) is 6.00. The van der Waals surface area contributed by atoms with Gasteiger partial charge in [0.05, 0.1) is 7.11 Å². The number of carbonyl (C=O) groups is 2. The number of alkyl carbamates (subject to hydrolysis) is 1. The molecule has 0 atom stereocenters. The molecule has 3 aromatic carbocycles. The lowest BCUT2D eigenvalue weighted by molar-refractivity contribution is -0.117. The van der Waals surface area contributed by atoms with E-state index in [0.29, 0.717) is 0 Å². The van der Waals surface area contributed by atoms with Crippen LogP contribution in [-0.4, -0.2) is 25.3 Å². The number of imide groups is 1. The fourth-order valence-corrected chi connectivity index (χ4v) is 7.18. The van der Waals surface area contributed by atoms with Gasteiger partial charge in [-0.3, -0.25) is 10.1 Å². The van der Waals surface area contributed by atoms with E-state index in [-0.39, 0.29) is 12.1 Å². The number of hydrogen-bond donors (Lipinski definition) is 1. The van der Waals surface area contributed by atoms with Crippen molar-refractivity contribution in [1.29, 1.82) is 0 Å². The van der Waals surface area contributed by atoms with Crippen LogP contribution in [0, 0.1) is 0 Å². The zero-order valence-electron chi connectivity index (χ0n) is 15.0. The summed E-state index contributed by atoms with van der Waals surface area (Å²) in [5.74, 6) is -0.355. The molecule has 0 saturated carbocycles. The Morgan fingerprint density at radius 3 is 1.44 bits per heavy atom. The normalized spacial score (nSPS) is 10.9. The van der Waals surface area contributed by atoms with Crippen LogP contribution in [0.2, 0.25) is 0 Å². The molecule has 1 N–H and O–H groups in total. The lowest BCUT2D eigenvalue weighted by atomic mass is 10.4. The predicted octanol–water partition coefficient (Wildman–Crippen LogP) is 2.86. The Hall–Kier alpha value is -2.97. The van der Waals surface area contributed by atoms with Crippen LogP contribution >= 0.6 is 7.26 Å². The molecular weight excluding hydrogens is 357 g/mol. The van der Waals surface area contributed by atoms with Crippen LogP contribution < -0.4 is 21.2 Å². The fraction of sp³-hybridized carbons (Fsp3) is 0.0909. The molecule has 0 radical (unpaired) electrons. The molecule has 0 fully saturated rings. The van der Waals surface area contributed by atoms with Crippen LogP contribution in [0.4, 0.5) is 4.79 Å². The van der Waals surface area contributed by atoms with E-state index in [0.717, 1.165) is 15.9 Å². The van der Waals surface area contributed by atoms with Crippen LogP contribution in [0.25, 0.3) is 0 Å². The highest BCUT2D eigenvalue weighted by molar-refractivity contribution is 7.96. The van der Waals surface area contributed by atoms with E-state index in [1.54, 1.807) is 0 Å². The highest BCUT2D eigenvalue weighted by Crippen LogP contribution is 2.54. The van der Waals surface area contributed by atoms with Crippen LogP contribution in [0.1, 0.15) is 0 Å². The second-order valence-electron chi connectivity index (χ2n) is 6.01. The second-order valence-corrected chi connectivity index (χ2v) is 9.50.